The maximum absolute atomic E-state index is 11.5. The van der Waals surface area contributed by atoms with E-state index >= 15 is 0 Å². The summed E-state index contributed by atoms with van der Waals surface area (Å²) in [4.78, 5) is 26.6. The number of carbonyl (C=O) groups is 1. The number of amides is 1. The summed E-state index contributed by atoms with van der Waals surface area (Å²) in [6.07, 6.45) is 3.22. The Balaban J connectivity index is 2.00. The van der Waals surface area contributed by atoms with Crippen LogP contribution in [0, 0.1) is 0 Å². The second-order valence-corrected chi connectivity index (χ2v) is 5.02. The van der Waals surface area contributed by atoms with Gasteiger partial charge in [-0.3, -0.25) is 4.79 Å². The summed E-state index contributed by atoms with van der Waals surface area (Å²) in [6, 6.07) is 2.04. The standard InChI is InChI=1S/C14H17N5O/c1-9(20)19-5-3-12-11(8-19)6-10-7-16-13(2-4-15)18-14(10)17-12/h6-7H,2-5,8,15H2,1H3. The van der Waals surface area contributed by atoms with Crippen molar-refractivity contribution in [3.63, 3.8) is 0 Å². The topological polar surface area (TPSA) is 85.0 Å². The van der Waals surface area contributed by atoms with Gasteiger partial charge in [-0.15, -0.1) is 0 Å². The predicted molar refractivity (Wildman–Crippen MR) is 74.9 cm³/mol. The smallest absolute Gasteiger partial charge is 0.219 e. The van der Waals surface area contributed by atoms with E-state index in [9.17, 15) is 4.79 Å². The van der Waals surface area contributed by atoms with Crippen LogP contribution in [0.2, 0.25) is 0 Å². The molecular formula is C14H17N5O. The fourth-order valence-electron chi connectivity index (χ4n) is 2.48. The van der Waals surface area contributed by atoms with Gasteiger partial charge in [0.15, 0.2) is 5.65 Å². The van der Waals surface area contributed by atoms with E-state index in [-0.39, 0.29) is 5.91 Å². The predicted octanol–water partition coefficient (Wildman–Crippen LogP) is 0.431. The molecule has 0 aliphatic carbocycles. The fourth-order valence-corrected chi connectivity index (χ4v) is 2.48. The van der Waals surface area contributed by atoms with Crippen LogP contribution in [-0.2, 0) is 24.2 Å². The average Bonchev–Trinajstić information content (AvgIpc) is 2.44. The van der Waals surface area contributed by atoms with Gasteiger partial charge in [0.2, 0.25) is 5.91 Å². The zero-order chi connectivity index (χ0) is 14.1. The normalized spacial score (nSPS) is 14.4. The third-order valence-corrected chi connectivity index (χ3v) is 3.58. The molecule has 0 bridgehead atoms. The van der Waals surface area contributed by atoms with Crippen LogP contribution in [0.1, 0.15) is 24.0 Å². The Labute approximate surface area is 117 Å². The molecular weight excluding hydrogens is 254 g/mol. The molecule has 2 aromatic heterocycles. The third kappa shape index (κ3) is 2.34. The Hall–Kier alpha value is -2.08. The summed E-state index contributed by atoms with van der Waals surface area (Å²) in [5.74, 6) is 0.832. The first-order valence-electron chi connectivity index (χ1n) is 6.77. The van der Waals surface area contributed by atoms with Crippen LogP contribution in [0.15, 0.2) is 12.3 Å². The molecule has 2 aromatic rings. The number of nitrogens with two attached hydrogens (primary N) is 1. The number of nitrogens with zero attached hydrogens (tertiary/aromatic N) is 4. The van der Waals surface area contributed by atoms with Crippen LogP contribution in [0.5, 0.6) is 0 Å². The molecule has 0 spiro atoms. The van der Waals surface area contributed by atoms with Crippen molar-refractivity contribution in [3.8, 4) is 0 Å². The summed E-state index contributed by atoms with van der Waals surface area (Å²) in [5, 5.41) is 0.912. The van der Waals surface area contributed by atoms with Gasteiger partial charge in [-0.25, -0.2) is 15.0 Å². The SMILES string of the molecule is CC(=O)N1CCc2nc3nc(CCN)ncc3cc2C1. The summed E-state index contributed by atoms with van der Waals surface area (Å²) in [7, 11) is 0. The Morgan fingerprint density at radius 2 is 2.30 bits per heavy atom. The third-order valence-electron chi connectivity index (χ3n) is 3.58. The minimum Gasteiger partial charge on any atom is -0.338 e. The van der Waals surface area contributed by atoms with Gasteiger partial charge >= 0.3 is 0 Å². The maximum Gasteiger partial charge on any atom is 0.219 e. The minimum atomic E-state index is 0.102. The lowest BCUT2D eigenvalue weighted by Crippen LogP contribution is -2.34. The van der Waals surface area contributed by atoms with E-state index in [0.29, 0.717) is 19.5 Å². The second-order valence-electron chi connectivity index (χ2n) is 5.02. The van der Waals surface area contributed by atoms with E-state index in [1.165, 1.54) is 0 Å². The van der Waals surface area contributed by atoms with Crippen molar-refractivity contribution in [2.75, 3.05) is 13.1 Å². The van der Waals surface area contributed by atoms with Gasteiger partial charge < -0.3 is 10.6 Å². The van der Waals surface area contributed by atoms with Gasteiger partial charge in [0.05, 0.1) is 0 Å². The van der Waals surface area contributed by atoms with E-state index in [4.69, 9.17) is 5.73 Å². The summed E-state index contributed by atoms with van der Waals surface area (Å²) in [5.41, 5.74) is 8.37. The van der Waals surface area contributed by atoms with Gasteiger partial charge in [-0.2, -0.15) is 0 Å². The van der Waals surface area contributed by atoms with E-state index in [2.05, 4.69) is 15.0 Å². The van der Waals surface area contributed by atoms with Crippen molar-refractivity contribution in [3.05, 3.63) is 29.3 Å². The van der Waals surface area contributed by atoms with E-state index < -0.39 is 0 Å². The number of aromatic nitrogens is 3. The first-order valence-corrected chi connectivity index (χ1v) is 6.77. The highest BCUT2D eigenvalue weighted by Gasteiger charge is 2.20. The molecule has 104 valence electrons. The Morgan fingerprint density at radius 3 is 3.05 bits per heavy atom. The molecule has 20 heavy (non-hydrogen) atoms. The zero-order valence-electron chi connectivity index (χ0n) is 11.5. The highest BCUT2D eigenvalue weighted by Crippen LogP contribution is 2.21. The van der Waals surface area contributed by atoms with Gasteiger partial charge in [-0.05, 0) is 18.2 Å². The first kappa shape index (κ1) is 12.9. The molecule has 0 saturated heterocycles. The lowest BCUT2D eigenvalue weighted by Gasteiger charge is -2.27. The highest BCUT2D eigenvalue weighted by molar-refractivity contribution is 5.76. The summed E-state index contributed by atoms with van der Waals surface area (Å²) < 4.78 is 0. The van der Waals surface area contributed by atoms with Crippen LogP contribution in [-0.4, -0.2) is 38.8 Å². The van der Waals surface area contributed by atoms with E-state index in [1.54, 1.807) is 13.1 Å². The van der Waals surface area contributed by atoms with Crippen LogP contribution >= 0.6 is 0 Å². The molecule has 0 fully saturated rings. The van der Waals surface area contributed by atoms with E-state index in [0.717, 1.165) is 41.1 Å². The van der Waals surface area contributed by atoms with Crippen LogP contribution in [0.3, 0.4) is 0 Å². The monoisotopic (exact) mass is 271 g/mol. The minimum absolute atomic E-state index is 0.102. The number of hydrogen-bond acceptors (Lipinski definition) is 5. The van der Waals surface area contributed by atoms with Gasteiger partial charge in [0.1, 0.15) is 5.82 Å². The molecule has 2 N–H and O–H groups in total. The number of rotatable bonds is 2. The quantitative estimate of drug-likeness (QED) is 0.856. The van der Waals surface area contributed by atoms with Crippen molar-refractivity contribution in [1.29, 1.82) is 0 Å². The van der Waals surface area contributed by atoms with Crippen LogP contribution in [0.25, 0.3) is 11.0 Å². The van der Waals surface area contributed by atoms with Gasteiger partial charge in [-0.1, -0.05) is 0 Å². The summed E-state index contributed by atoms with van der Waals surface area (Å²) in [6.45, 7) is 3.48. The molecule has 0 atom stereocenters. The molecule has 6 nitrogen and oxygen atoms in total. The number of fused-ring (bicyclic) bond motifs is 2. The van der Waals surface area contributed by atoms with Crippen molar-refractivity contribution >= 4 is 16.9 Å². The van der Waals surface area contributed by atoms with Crippen molar-refractivity contribution in [2.45, 2.75) is 26.3 Å². The van der Waals surface area contributed by atoms with Gasteiger partial charge in [0, 0.05) is 50.1 Å². The van der Waals surface area contributed by atoms with E-state index in [1.807, 2.05) is 11.0 Å². The zero-order valence-corrected chi connectivity index (χ0v) is 11.5. The molecule has 1 aliphatic heterocycles. The molecule has 6 heteroatoms. The Bertz CT molecular complexity index is 670. The first-order chi connectivity index (χ1) is 9.67. The second kappa shape index (κ2) is 5.13. The molecule has 3 heterocycles. The number of pyridine rings is 1. The van der Waals surface area contributed by atoms with Crippen molar-refractivity contribution in [2.24, 2.45) is 5.73 Å². The maximum atomic E-state index is 11.5. The Morgan fingerprint density at radius 1 is 1.45 bits per heavy atom. The summed E-state index contributed by atoms with van der Waals surface area (Å²) >= 11 is 0. The number of carbonyl (C=O) groups excluding carboxylic acids is 1. The molecule has 0 radical (unpaired) electrons. The van der Waals surface area contributed by atoms with Crippen LogP contribution in [0.4, 0.5) is 0 Å². The molecule has 1 aliphatic rings. The lowest BCUT2D eigenvalue weighted by molar-refractivity contribution is -0.129. The Kier molecular flexibility index (Phi) is 3.31. The van der Waals surface area contributed by atoms with Crippen molar-refractivity contribution < 1.29 is 4.79 Å². The highest BCUT2D eigenvalue weighted by atomic mass is 16.2. The van der Waals surface area contributed by atoms with Gasteiger partial charge in [0.25, 0.3) is 0 Å². The number of hydrogen-bond donors (Lipinski definition) is 1. The molecule has 3 rings (SSSR count). The molecule has 0 unspecified atom stereocenters. The van der Waals surface area contributed by atoms with Crippen LogP contribution < -0.4 is 5.73 Å². The molecule has 0 saturated carbocycles. The van der Waals surface area contributed by atoms with Crippen molar-refractivity contribution in [1.82, 2.24) is 19.9 Å². The molecule has 0 aromatic carbocycles. The largest absolute Gasteiger partial charge is 0.338 e. The lowest BCUT2D eigenvalue weighted by atomic mass is 10.0. The molecule has 1 amide bonds. The average molecular weight is 271 g/mol. The fraction of sp³-hybridized carbons (Fsp3) is 0.429.